The molecule has 0 saturated carbocycles. The molecule has 0 spiro atoms. The number of hydrogen-bond acceptors (Lipinski definition) is 8. The lowest BCUT2D eigenvalue weighted by atomic mass is 10.2. The second-order valence-corrected chi connectivity index (χ2v) is 9.25. The van der Waals surface area contributed by atoms with Crippen LogP contribution in [0.3, 0.4) is 0 Å². The van der Waals surface area contributed by atoms with Crippen molar-refractivity contribution in [1.82, 2.24) is 4.98 Å². The molecule has 1 aliphatic heterocycles. The number of hydrogen-bond donors (Lipinski definition) is 1. The monoisotopic (exact) mass is 434 g/mol. The number of nitrogens with one attached hydrogen (secondary N) is 1. The summed E-state index contributed by atoms with van der Waals surface area (Å²) in [6.45, 7) is 4.45. The molecule has 0 unspecified atom stereocenters. The number of non-ortho nitro benzene ring substituents is 1. The number of thiazole rings is 1. The molecular formula is C18H18N4O5S2. The van der Waals surface area contributed by atoms with E-state index < -0.39 is 14.9 Å². The molecule has 3 aromatic rings. The number of morpholine rings is 1. The SMILES string of the molecule is Cc1ccc([N+](=O)[O-])cc1S(=O)(=O)Nc1ccc2nc(N3CCOCC3)sc2c1. The number of nitro groups is 1. The first kappa shape index (κ1) is 19.6. The normalized spacial score (nSPS) is 14.9. The van der Waals surface area contributed by atoms with Crippen molar-refractivity contribution < 1.29 is 18.1 Å². The minimum absolute atomic E-state index is 0.120. The summed E-state index contributed by atoms with van der Waals surface area (Å²) >= 11 is 1.48. The molecule has 29 heavy (non-hydrogen) atoms. The second-order valence-electron chi connectivity index (χ2n) is 6.59. The van der Waals surface area contributed by atoms with Crippen LogP contribution in [0.15, 0.2) is 41.3 Å². The van der Waals surface area contributed by atoms with Gasteiger partial charge in [-0.3, -0.25) is 14.8 Å². The van der Waals surface area contributed by atoms with Gasteiger partial charge in [0, 0.05) is 25.2 Å². The van der Waals surface area contributed by atoms with Gasteiger partial charge in [-0.2, -0.15) is 0 Å². The summed E-state index contributed by atoms with van der Waals surface area (Å²) in [7, 11) is -3.98. The molecule has 1 N–H and O–H groups in total. The Hall–Kier alpha value is -2.76. The molecule has 9 nitrogen and oxygen atoms in total. The quantitative estimate of drug-likeness (QED) is 0.484. The van der Waals surface area contributed by atoms with Crippen LogP contribution in [0.4, 0.5) is 16.5 Å². The number of rotatable bonds is 5. The van der Waals surface area contributed by atoms with E-state index in [2.05, 4.69) is 14.6 Å². The van der Waals surface area contributed by atoms with Crippen molar-refractivity contribution in [3.8, 4) is 0 Å². The third-order valence-electron chi connectivity index (χ3n) is 4.58. The highest BCUT2D eigenvalue weighted by atomic mass is 32.2. The van der Waals surface area contributed by atoms with Crippen LogP contribution >= 0.6 is 11.3 Å². The molecule has 1 aromatic heterocycles. The number of fused-ring (bicyclic) bond motifs is 1. The van der Waals surface area contributed by atoms with Gasteiger partial charge in [0.15, 0.2) is 5.13 Å². The Bertz CT molecular complexity index is 1190. The van der Waals surface area contributed by atoms with Crippen LogP contribution in [0.1, 0.15) is 5.56 Å². The number of nitrogens with zero attached hydrogens (tertiary/aromatic N) is 3. The van der Waals surface area contributed by atoms with Crippen LogP contribution in [0.2, 0.25) is 0 Å². The molecule has 0 atom stereocenters. The molecule has 4 rings (SSSR count). The largest absolute Gasteiger partial charge is 0.378 e. The predicted molar refractivity (Wildman–Crippen MR) is 111 cm³/mol. The molecule has 2 heterocycles. The first-order valence-electron chi connectivity index (χ1n) is 8.85. The minimum Gasteiger partial charge on any atom is -0.378 e. The first-order chi connectivity index (χ1) is 13.8. The Balaban J connectivity index is 1.63. The molecule has 0 aliphatic carbocycles. The fourth-order valence-corrected chi connectivity index (χ4v) is 5.44. The molecule has 1 fully saturated rings. The molecule has 0 amide bonds. The summed E-state index contributed by atoms with van der Waals surface area (Å²) in [6, 6.07) is 8.89. The van der Waals surface area contributed by atoms with E-state index in [1.807, 2.05) is 0 Å². The van der Waals surface area contributed by atoms with Crippen LogP contribution in [0, 0.1) is 17.0 Å². The summed E-state index contributed by atoms with van der Waals surface area (Å²) in [5.74, 6) is 0. The highest BCUT2D eigenvalue weighted by Gasteiger charge is 2.21. The predicted octanol–water partition coefficient (Wildman–Crippen LogP) is 3.15. The molecule has 1 saturated heterocycles. The van der Waals surface area contributed by atoms with Crippen molar-refractivity contribution in [3.63, 3.8) is 0 Å². The van der Waals surface area contributed by atoms with E-state index in [0.717, 1.165) is 34.5 Å². The topological polar surface area (TPSA) is 115 Å². The Morgan fingerprint density at radius 2 is 1.97 bits per heavy atom. The third-order valence-corrected chi connectivity index (χ3v) is 7.19. The Labute approximate surface area is 171 Å². The van der Waals surface area contributed by atoms with E-state index in [9.17, 15) is 18.5 Å². The van der Waals surface area contributed by atoms with Crippen LogP contribution in [0.5, 0.6) is 0 Å². The van der Waals surface area contributed by atoms with Gasteiger partial charge in [-0.05, 0) is 30.7 Å². The van der Waals surface area contributed by atoms with Crippen molar-refractivity contribution >= 4 is 48.1 Å². The van der Waals surface area contributed by atoms with Gasteiger partial charge < -0.3 is 9.64 Å². The average molecular weight is 434 g/mol. The van der Waals surface area contributed by atoms with E-state index in [0.29, 0.717) is 24.5 Å². The van der Waals surface area contributed by atoms with Gasteiger partial charge in [-0.15, -0.1) is 0 Å². The smallest absolute Gasteiger partial charge is 0.270 e. The Morgan fingerprint density at radius 3 is 2.69 bits per heavy atom. The zero-order valence-corrected chi connectivity index (χ0v) is 17.1. The Morgan fingerprint density at radius 1 is 1.21 bits per heavy atom. The molecule has 1 aliphatic rings. The van der Waals surface area contributed by atoms with E-state index in [-0.39, 0.29) is 10.6 Å². The number of nitro benzene ring substituents is 1. The maximum absolute atomic E-state index is 12.8. The summed E-state index contributed by atoms with van der Waals surface area (Å²) in [5, 5.41) is 11.9. The van der Waals surface area contributed by atoms with Crippen molar-refractivity contribution in [2.75, 3.05) is 35.9 Å². The van der Waals surface area contributed by atoms with Gasteiger partial charge in [0.1, 0.15) is 0 Å². The number of ether oxygens (including phenoxy) is 1. The van der Waals surface area contributed by atoms with Gasteiger partial charge in [0.25, 0.3) is 15.7 Å². The van der Waals surface area contributed by atoms with Gasteiger partial charge in [-0.25, -0.2) is 13.4 Å². The molecule has 11 heteroatoms. The van der Waals surface area contributed by atoms with Crippen LogP contribution < -0.4 is 9.62 Å². The summed E-state index contributed by atoms with van der Waals surface area (Å²) in [6.07, 6.45) is 0. The summed E-state index contributed by atoms with van der Waals surface area (Å²) in [5.41, 5.74) is 1.31. The Kier molecular flexibility index (Phi) is 5.11. The molecule has 152 valence electrons. The minimum atomic E-state index is -3.98. The maximum Gasteiger partial charge on any atom is 0.270 e. The number of aryl methyl sites for hydroxylation is 1. The number of anilines is 2. The van der Waals surface area contributed by atoms with Crippen molar-refractivity contribution in [1.29, 1.82) is 0 Å². The van der Waals surface area contributed by atoms with Gasteiger partial charge in [0.2, 0.25) is 0 Å². The van der Waals surface area contributed by atoms with E-state index in [4.69, 9.17) is 4.74 Å². The summed E-state index contributed by atoms with van der Waals surface area (Å²) in [4.78, 5) is 17.0. The number of benzene rings is 2. The van der Waals surface area contributed by atoms with E-state index in [1.165, 1.54) is 23.5 Å². The van der Waals surface area contributed by atoms with Crippen molar-refractivity contribution in [3.05, 3.63) is 52.1 Å². The van der Waals surface area contributed by atoms with Gasteiger partial charge in [0.05, 0.1) is 38.9 Å². The van der Waals surface area contributed by atoms with Crippen LogP contribution in [0.25, 0.3) is 10.2 Å². The summed E-state index contributed by atoms with van der Waals surface area (Å²) < 4.78 is 34.4. The standard InChI is InChI=1S/C18H18N4O5S2/c1-12-2-4-14(22(23)24)11-17(12)29(25,26)20-13-3-5-15-16(10-13)28-18(19-15)21-6-8-27-9-7-21/h2-5,10-11,20H,6-9H2,1H3. The highest BCUT2D eigenvalue weighted by Crippen LogP contribution is 2.32. The molecule has 0 radical (unpaired) electrons. The maximum atomic E-state index is 12.8. The third kappa shape index (κ3) is 4.02. The van der Waals surface area contributed by atoms with Gasteiger partial charge >= 0.3 is 0 Å². The lowest BCUT2D eigenvalue weighted by Gasteiger charge is -2.25. The molecule has 0 bridgehead atoms. The van der Waals surface area contributed by atoms with E-state index in [1.54, 1.807) is 25.1 Å². The lowest BCUT2D eigenvalue weighted by molar-refractivity contribution is -0.385. The number of sulfonamides is 1. The van der Waals surface area contributed by atoms with Crippen LogP contribution in [-0.4, -0.2) is 44.6 Å². The molecular weight excluding hydrogens is 416 g/mol. The molecule has 2 aromatic carbocycles. The first-order valence-corrected chi connectivity index (χ1v) is 11.1. The number of aromatic nitrogens is 1. The van der Waals surface area contributed by atoms with Crippen molar-refractivity contribution in [2.45, 2.75) is 11.8 Å². The fourth-order valence-electron chi connectivity index (χ4n) is 3.07. The second kappa shape index (κ2) is 7.58. The van der Waals surface area contributed by atoms with Crippen LogP contribution in [-0.2, 0) is 14.8 Å². The zero-order chi connectivity index (χ0) is 20.6. The highest BCUT2D eigenvalue weighted by molar-refractivity contribution is 7.92. The van der Waals surface area contributed by atoms with Crippen molar-refractivity contribution in [2.24, 2.45) is 0 Å². The average Bonchev–Trinajstić information content (AvgIpc) is 3.12. The van der Waals surface area contributed by atoms with Gasteiger partial charge in [-0.1, -0.05) is 17.4 Å². The van der Waals surface area contributed by atoms with E-state index >= 15 is 0 Å². The fraction of sp³-hybridized carbons (Fsp3) is 0.278. The lowest BCUT2D eigenvalue weighted by Crippen LogP contribution is -2.36. The zero-order valence-electron chi connectivity index (χ0n) is 15.5.